The smallest absolute Gasteiger partial charge is 0.251 e. The second-order valence-electron chi connectivity index (χ2n) is 5.69. The van der Waals surface area contributed by atoms with Crippen molar-refractivity contribution in [2.24, 2.45) is 0 Å². The Balaban J connectivity index is 0.00000364. The fraction of sp³-hybridized carbons (Fsp3) is 0.263. The molecule has 2 aromatic rings. The molecule has 0 bridgehead atoms. The summed E-state index contributed by atoms with van der Waals surface area (Å²) in [5.41, 5.74) is 8.18. The van der Waals surface area contributed by atoms with E-state index >= 15 is 0 Å². The normalized spacial score (nSPS) is 9.74. The van der Waals surface area contributed by atoms with Crippen molar-refractivity contribution in [3.8, 4) is 11.5 Å². The SMILES string of the molecule is COc1cc(C(=O)NCCc2ccc(N)cc2)cc(NC(C)=O)c1OC.Cl. The molecule has 146 valence electrons. The predicted molar refractivity (Wildman–Crippen MR) is 108 cm³/mol. The van der Waals surface area contributed by atoms with Crippen LogP contribution in [-0.2, 0) is 11.2 Å². The van der Waals surface area contributed by atoms with Gasteiger partial charge in [0, 0.05) is 24.7 Å². The maximum atomic E-state index is 12.5. The first-order valence-corrected chi connectivity index (χ1v) is 8.10. The van der Waals surface area contributed by atoms with E-state index in [0.29, 0.717) is 41.4 Å². The number of methoxy groups -OCH3 is 2. The first-order valence-electron chi connectivity index (χ1n) is 8.10. The Hall–Kier alpha value is -2.93. The van der Waals surface area contributed by atoms with Gasteiger partial charge >= 0.3 is 0 Å². The summed E-state index contributed by atoms with van der Waals surface area (Å²) in [6.45, 7) is 1.85. The number of carbonyl (C=O) groups excluding carboxylic acids is 2. The van der Waals surface area contributed by atoms with Crippen LogP contribution in [0.1, 0.15) is 22.8 Å². The standard InChI is InChI=1S/C19H23N3O4.ClH/c1-12(23)22-16-10-14(11-17(25-2)18(16)26-3)19(24)21-9-8-13-4-6-15(20)7-5-13;/h4-7,10-11H,8-9,20H2,1-3H3,(H,21,24)(H,22,23);1H. The van der Waals surface area contributed by atoms with Gasteiger partial charge in [0.1, 0.15) is 0 Å². The minimum absolute atomic E-state index is 0. The van der Waals surface area contributed by atoms with Gasteiger partial charge in [-0.3, -0.25) is 9.59 Å². The van der Waals surface area contributed by atoms with Gasteiger partial charge < -0.3 is 25.8 Å². The predicted octanol–water partition coefficient (Wildman–Crippen LogP) is 2.64. The van der Waals surface area contributed by atoms with Crippen molar-refractivity contribution in [3.05, 3.63) is 47.5 Å². The first-order chi connectivity index (χ1) is 12.4. The Morgan fingerprint density at radius 1 is 1.07 bits per heavy atom. The lowest BCUT2D eigenvalue weighted by atomic mass is 10.1. The molecular formula is C19H24ClN3O4. The molecule has 0 aliphatic carbocycles. The van der Waals surface area contributed by atoms with Crippen molar-refractivity contribution in [3.63, 3.8) is 0 Å². The number of benzene rings is 2. The second-order valence-corrected chi connectivity index (χ2v) is 5.69. The lowest BCUT2D eigenvalue weighted by Gasteiger charge is -2.15. The van der Waals surface area contributed by atoms with Crippen LogP contribution in [0.5, 0.6) is 11.5 Å². The minimum Gasteiger partial charge on any atom is -0.493 e. The molecular weight excluding hydrogens is 370 g/mol. The number of halogens is 1. The number of nitrogens with two attached hydrogens (primary N) is 1. The highest BCUT2D eigenvalue weighted by molar-refractivity contribution is 5.99. The summed E-state index contributed by atoms with van der Waals surface area (Å²) in [4.78, 5) is 23.9. The van der Waals surface area contributed by atoms with Crippen molar-refractivity contribution < 1.29 is 19.1 Å². The van der Waals surface area contributed by atoms with Crippen molar-refractivity contribution in [1.82, 2.24) is 5.32 Å². The Kier molecular flexibility index (Phi) is 8.41. The van der Waals surface area contributed by atoms with Crippen LogP contribution in [0.25, 0.3) is 0 Å². The number of amides is 2. The lowest BCUT2D eigenvalue weighted by Crippen LogP contribution is -2.26. The molecule has 4 N–H and O–H groups in total. The lowest BCUT2D eigenvalue weighted by molar-refractivity contribution is -0.114. The molecule has 0 saturated carbocycles. The third-order valence-electron chi connectivity index (χ3n) is 3.73. The number of anilines is 2. The van der Waals surface area contributed by atoms with Gasteiger partial charge in [-0.2, -0.15) is 0 Å². The molecule has 2 amide bonds. The second kappa shape index (κ2) is 10.3. The van der Waals surface area contributed by atoms with E-state index in [1.807, 2.05) is 24.3 Å². The Morgan fingerprint density at radius 2 is 1.74 bits per heavy atom. The molecule has 0 aliphatic heterocycles. The molecule has 7 nitrogen and oxygen atoms in total. The summed E-state index contributed by atoms with van der Waals surface area (Å²) in [6, 6.07) is 10.6. The molecule has 0 fully saturated rings. The zero-order valence-corrected chi connectivity index (χ0v) is 16.3. The van der Waals surface area contributed by atoms with Crippen LogP contribution in [0, 0.1) is 0 Å². The summed E-state index contributed by atoms with van der Waals surface area (Å²) >= 11 is 0. The van der Waals surface area contributed by atoms with E-state index < -0.39 is 0 Å². The van der Waals surface area contributed by atoms with Crippen LogP contribution in [0.3, 0.4) is 0 Å². The van der Waals surface area contributed by atoms with E-state index in [1.165, 1.54) is 21.1 Å². The largest absolute Gasteiger partial charge is 0.493 e. The highest BCUT2D eigenvalue weighted by atomic mass is 35.5. The van der Waals surface area contributed by atoms with E-state index in [-0.39, 0.29) is 24.2 Å². The van der Waals surface area contributed by atoms with Gasteiger partial charge in [0.05, 0.1) is 19.9 Å². The molecule has 2 aromatic carbocycles. The van der Waals surface area contributed by atoms with E-state index in [0.717, 1.165) is 5.56 Å². The van der Waals surface area contributed by atoms with Gasteiger partial charge in [-0.1, -0.05) is 12.1 Å². The van der Waals surface area contributed by atoms with Crippen LogP contribution >= 0.6 is 12.4 Å². The van der Waals surface area contributed by atoms with E-state index in [2.05, 4.69) is 10.6 Å². The highest BCUT2D eigenvalue weighted by Gasteiger charge is 2.17. The summed E-state index contributed by atoms with van der Waals surface area (Å²) in [7, 11) is 2.94. The van der Waals surface area contributed by atoms with Crippen molar-refractivity contribution in [2.45, 2.75) is 13.3 Å². The van der Waals surface area contributed by atoms with Gasteiger partial charge in [-0.05, 0) is 36.2 Å². The molecule has 0 aliphatic rings. The number of nitrogens with one attached hydrogen (secondary N) is 2. The van der Waals surface area contributed by atoms with E-state index in [4.69, 9.17) is 15.2 Å². The molecule has 0 saturated heterocycles. The number of hydrogen-bond donors (Lipinski definition) is 3. The van der Waals surface area contributed by atoms with E-state index in [9.17, 15) is 9.59 Å². The Bertz CT molecular complexity index is 794. The zero-order valence-electron chi connectivity index (χ0n) is 15.5. The number of ether oxygens (including phenoxy) is 2. The first kappa shape index (κ1) is 22.1. The fourth-order valence-electron chi connectivity index (χ4n) is 2.48. The van der Waals surface area contributed by atoms with E-state index in [1.54, 1.807) is 12.1 Å². The third-order valence-corrected chi connectivity index (χ3v) is 3.73. The fourth-order valence-corrected chi connectivity index (χ4v) is 2.48. The topological polar surface area (TPSA) is 103 Å². The van der Waals surface area contributed by atoms with Crippen LogP contribution in [0.15, 0.2) is 36.4 Å². The Labute approximate surface area is 164 Å². The molecule has 2 rings (SSSR count). The Morgan fingerprint density at radius 3 is 2.30 bits per heavy atom. The molecule has 0 radical (unpaired) electrons. The molecule has 0 aromatic heterocycles. The van der Waals surface area contributed by atoms with Gasteiger partial charge in [-0.25, -0.2) is 0 Å². The van der Waals surface area contributed by atoms with Gasteiger partial charge in [0.15, 0.2) is 11.5 Å². The monoisotopic (exact) mass is 393 g/mol. The molecule has 0 unspecified atom stereocenters. The van der Waals surface area contributed by atoms with Crippen molar-refractivity contribution in [1.29, 1.82) is 0 Å². The number of rotatable bonds is 7. The van der Waals surface area contributed by atoms with Crippen molar-refractivity contribution >= 4 is 35.6 Å². The highest BCUT2D eigenvalue weighted by Crippen LogP contribution is 2.36. The molecule has 0 atom stereocenters. The summed E-state index contributed by atoms with van der Waals surface area (Å²) in [5, 5.41) is 5.50. The minimum atomic E-state index is -0.272. The van der Waals surface area contributed by atoms with Crippen LogP contribution in [0.4, 0.5) is 11.4 Å². The van der Waals surface area contributed by atoms with Gasteiger partial charge in [-0.15, -0.1) is 12.4 Å². The van der Waals surface area contributed by atoms with Crippen LogP contribution < -0.4 is 25.8 Å². The molecule has 0 heterocycles. The molecule has 8 heteroatoms. The molecule has 0 spiro atoms. The van der Waals surface area contributed by atoms with Crippen LogP contribution in [0.2, 0.25) is 0 Å². The average molecular weight is 394 g/mol. The number of nitrogen functional groups attached to an aromatic ring is 1. The average Bonchev–Trinajstić information content (AvgIpc) is 2.62. The molecule has 27 heavy (non-hydrogen) atoms. The number of carbonyl (C=O) groups is 2. The van der Waals surface area contributed by atoms with Gasteiger partial charge in [0.25, 0.3) is 5.91 Å². The maximum absolute atomic E-state index is 12.5. The van der Waals surface area contributed by atoms with Crippen molar-refractivity contribution in [2.75, 3.05) is 31.8 Å². The van der Waals surface area contributed by atoms with Gasteiger partial charge in [0.2, 0.25) is 5.91 Å². The maximum Gasteiger partial charge on any atom is 0.251 e. The zero-order chi connectivity index (χ0) is 19.1. The number of hydrogen-bond acceptors (Lipinski definition) is 5. The summed E-state index contributed by atoms with van der Waals surface area (Å²) < 4.78 is 10.5. The quantitative estimate of drug-likeness (QED) is 0.627. The summed E-state index contributed by atoms with van der Waals surface area (Å²) in [5.74, 6) is 0.183. The third kappa shape index (κ3) is 6.07. The summed E-state index contributed by atoms with van der Waals surface area (Å²) in [6.07, 6.45) is 0.678. The van der Waals surface area contributed by atoms with Crippen LogP contribution in [-0.4, -0.2) is 32.6 Å².